The number of nitrogens with one attached hydrogen (secondary N) is 1. The topological polar surface area (TPSA) is 64.3 Å². The van der Waals surface area contributed by atoms with Crippen LogP contribution in [-0.2, 0) is 16.0 Å². The lowest BCUT2D eigenvalue weighted by molar-refractivity contribution is -0.125. The van der Waals surface area contributed by atoms with Crippen molar-refractivity contribution in [2.75, 3.05) is 19.8 Å². The fourth-order valence-corrected chi connectivity index (χ4v) is 2.52. The Morgan fingerprint density at radius 2 is 1.65 bits per heavy atom. The van der Waals surface area contributed by atoms with Crippen LogP contribution < -0.4 is 11.1 Å². The summed E-state index contributed by atoms with van der Waals surface area (Å²) in [7, 11) is 0. The standard InChI is InChI=1S/C21H28N2O2.ClH/c1-16(2)18-8-10-19(11-9-18)20(22)14-23-21(24)15-25-13-12-17-6-4-3-5-7-17;/h3-11,16,20H,12-15,22H2,1-2H3,(H,23,24);1H. The average Bonchev–Trinajstić information content (AvgIpc) is 2.64. The number of rotatable bonds is 9. The maximum Gasteiger partial charge on any atom is 0.246 e. The van der Waals surface area contributed by atoms with Gasteiger partial charge in [0.25, 0.3) is 0 Å². The number of carbonyl (C=O) groups excluding carboxylic acids is 1. The lowest BCUT2D eigenvalue weighted by atomic mass is 9.99. The van der Waals surface area contributed by atoms with Gasteiger partial charge in [-0.2, -0.15) is 0 Å². The fourth-order valence-electron chi connectivity index (χ4n) is 2.52. The zero-order chi connectivity index (χ0) is 18.1. The first-order valence-corrected chi connectivity index (χ1v) is 8.80. The molecule has 0 saturated heterocycles. The number of carbonyl (C=O) groups is 1. The summed E-state index contributed by atoms with van der Waals surface area (Å²) in [5.74, 6) is 0.361. The van der Waals surface area contributed by atoms with Crippen LogP contribution in [0.1, 0.15) is 42.5 Å². The van der Waals surface area contributed by atoms with Crippen LogP contribution in [0.15, 0.2) is 54.6 Å². The van der Waals surface area contributed by atoms with E-state index in [0.29, 0.717) is 19.1 Å². The second kappa shape index (κ2) is 11.7. The van der Waals surface area contributed by atoms with E-state index in [1.165, 1.54) is 11.1 Å². The quantitative estimate of drug-likeness (QED) is 0.657. The number of hydrogen-bond acceptors (Lipinski definition) is 3. The highest BCUT2D eigenvalue weighted by Gasteiger charge is 2.09. The first-order chi connectivity index (χ1) is 12.1. The first-order valence-electron chi connectivity index (χ1n) is 8.80. The molecule has 0 fully saturated rings. The number of ether oxygens (including phenoxy) is 1. The SMILES string of the molecule is CC(C)c1ccc(C(N)CNC(=O)COCCc2ccccc2)cc1.Cl. The minimum Gasteiger partial charge on any atom is -0.371 e. The van der Waals surface area contributed by atoms with E-state index in [2.05, 4.69) is 31.3 Å². The summed E-state index contributed by atoms with van der Waals surface area (Å²) < 4.78 is 5.43. The molecule has 2 aromatic carbocycles. The number of hydrogen-bond donors (Lipinski definition) is 2. The van der Waals surface area contributed by atoms with E-state index in [1.807, 2.05) is 42.5 Å². The van der Waals surface area contributed by atoms with E-state index in [9.17, 15) is 4.79 Å². The van der Waals surface area contributed by atoms with E-state index in [4.69, 9.17) is 10.5 Å². The Labute approximate surface area is 162 Å². The minimum atomic E-state index is -0.213. The third kappa shape index (κ3) is 7.56. The molecule has 0 saturated carbocycles. The second-order valence-corrected chi connectivity index (χ2v) is 6.52. The Bertz CT molecular complexity index is 645. The van der Waals surface area contributed by atoms with Crippen molar-refractivity contribution in [2.24, 2.45) is 5.73 Å². The number of benzene rings is 2. The molecule has 4 nitrogen and oxygen atoms in total. The van der Waals surface area contributed by atoms with Crippen LogP contribution in [0.25, 0.3) is 0 Å². The third-order valence-electron chi connectivity index (χ3n) is 4.16. The van der Waals surface area contributed by atoms with Crippen molar-refractivity contribution in [3.63, 3.8) is 0 Å². The Balaban J connectivity index is 0.00000338. The van der Waals surface area contributed by atoms with Crippen LogP contribution in [0.3, 0.4) is 0 Å². The van der Waals surface area contributed by atoms with Gasteiger partial charge in [0.2, 0.25) is 5.91 Å². The predicted molar refractivity (Wildman–Crippen MR) is 109 cm³/mol. The Morgan fingerprint density at radius 1 is 1.04 bits per heavy atom. The second-order valence-electron chi connectivity index (χ2n) is 6.52. The van der Waals surface area contributed by atoms with Gasteiger partial charge in [0.15, 0.2) is 0 Å². The largest absolute Gasteiger partial charge is 0.371 e. The van der Waals surface area contributed by atoms with E-state index >= 15 is 0 Å². The van der Waals surface area contributed by atoms with E-state index in [-0.39, 0.29) is 31.0 Å². The molecule has 3 N–H and O–H groups in total. The van der Waals surface area contributed by atoms with E-state index in [1.54, 1.807) is 0 Å². The molecule has 0 bridgehead atoms. The molecule has 0 heterocycles. The van der Waals surface area contributed by atoms with Crippen LogP contribution in [0, 0.1) is 0 Å². The Kier molecular flexibility index (Phi) is 9.96. The van der Waals surface area contributed by atoms with Gasteiger partial charge in [-0.15, -0.1) is 12.4 Å². The zero-order valence-corrected chi connectivity index (χ0v) is 16.3. The zero-order valence-electron chi connectivity index (χ0n) is 15.5. The molecule has 0 radical (unpaired) electrons. The molecule has 2 rings (SSSR count). The summed E-state index contributed by atoms with van der Waals surface area (Å²) >= 11 is 0. The molecule has 1 unspecified atom stereocenters. The molecule has 1 atom stereocenters. The van der Waals surface area contributed by atoms with Crippen LogP contribution in [0.2, 0.25) is 0 Å². The summed E-state index contributed by atoms with van der Waals surface area (Å²) in [6.45, 7) is 5.31. The van der Waals surface area contributed by atoms with E-state index < -0.39 is 0 Å². The molecule has 0 aliphatic rings. The van der Waals surface area contributed by atoms with Gasteiger partial charge in [-0.25, -0.2) is 0 Å². The van der Waals surface area contributed by atoms with E-state index in [0.717, 1.165) is 12.0 Å². The molecular formula is C21H29ClN2O2. The van der Waals surface area contributed by atoms with Gasteiger partial charge < -0.3 is 15.8 Å². The van der Waals surface area contributed by atoms with Crippen molar-refractivity contribution < 1.29 is 9.53 Å². The third-order valence-corrected chi connectivity index (χ3v) is 4.16. The average molecular weight is 377 g/mol. The van der Waals surface area contributed by atoms with Crippen LogP contribution in [0.5, 0.6) is 0 Å². The van der Waals surface area contributed by atoms with Crippen molar-refractivity contribution in [2.45, 2.75) is 32.2 Å². The molecule has 26 heavy (non-hydrogen) atoms. The maximum atomic E-state index is 11.8. The molecule has 0 aliphatic heterocycles. The molecule has 5 heteroatoms. The number of halogens is 1. The Morgan fingerprint density at radius 3 is 2.27 bits per heavy atom. The molecule has 2 aromatic rings. The monoisotopic (exact) mass is 376 g/mol. The summed E-state index contributed by atoms with van der Waals surface area (Å²) in [6.07, 6.45) is 0.801. The van der Waals surface area contributed by atoms with Gasteiger partial charge in [0.05, 0.1) is 6.61 Å². The van der Waals surface area contributed by atoms with Gasteiger partial charge in [-0.1, -0.05) is 68.4 Å². The highest BCUT2D eigenvalue weighted by Crippen LogP contribution is 2.17. The molecule has 1 amide bonds. The first kappa shape index (κ1) is 22.2. The van der Waals surface area contributed by atoms with Gasteiger partial charge in [0.1, 0.15) is 6.61 Å². The summed E-state index contributed by atoms with van der Waals surface area (Å²) in [5, 5.41) is 2.83. The van der Waals surface area contributed by atoms with Crippen molar-refractivity contribution in [3.8, 4) is 0 Å². The summed E-state index contributed by atoms with van der Waals surface area (Å²) in [6, 6.07) is 18.1. The van der Waals surface area contributed by atoms with Crippen molar-refractivity contribution in [1.29, 1.82) is 0 Å². The van der Waals surface area contributed by atoms with Crippen molar-refractivity contribution in [3.05, 3.63) is 71.3 Å². The highest BCUT2D eigenvalue weighted by atomic mass is 35.5. The normalized spacial score (nSPS) is 11.7. The van der Waals surface area contributed by atoms with Crippen molar-refractivity contribution >= 4 is 18.3 Å². The minimum absolute atomic E-state index is 0. The van der Waals surface area contributed by atoms with Crippen LogP contribution in [-0.4, -0.2) is 25.7 Å². The van der Waals surface area contributed by atoms with Gasteiger partial charge >= 0.3 is 0 Å². The van der Waals surface area contributed by atoms with Crippen LogP contribution in [0.4, 0.5) is 0 Å². The lowest BCUT2D eigenvalue weighted by Gasteiger charge is -2.14. The number of amides is 1. The predicted octanol–water partition coefficient (Wildman–Crippen LogP) is 3.61. The maximum absolute atomic E-state index is 11.8. The van der Waals surface area contributed by atoms with Crippen LogP contribution >= 0.6 is 12.4 Å². The highest BCUT2D eigenvalue weighted by molar-refractivity contribution is 5.85. The molecule has 142 valence electrons. The molecule has 0 aliphatic carbocycles. The van der Waals surface area contributed by atoms with Gasteiger partial charge in [-0.05, 0) is 29.0 Å². The molecule has 0 aromatic heterocycles. The van der Waals surface area contributed by atoms with Gasteiger partial charge in [0, 0.05) is 12.6 Å². The van der Waals surface area contributed by atoms with Gasteiger partial charge in [-0.3, -0.25) is 4.79 Å². The molecular weight excluding hydrogens is 348 g/mol. The molecule has 0 spiro atoms. The lowest BCUT2D eigenvalue weighted by Crippen LogP contribution is -2.34. The Hall–Kier alpha value is -1.88. The summed E-state index contributed by atoms with van der Waals surface area (Å²) in [5.41, 5.74) is 9.66. The van der Waals surface area contributed by atoms with Crippen molar-refractivity contribution in [1.82, 2.24) is 5.32 Å². The smallest absolute Gasteiger partial charge is 0.246 e. The number of nitrogens with two attached hydrogens (primary N) is 1. The summed E-state index contributed by atoms with van der Waals surface area (Å²) in [4.78, 5) is 11.8. The fraction of sp³-hybridized carbons (Fsp3) is 0.381.